The van der Waals surface area contributed by atoms with Gasteiger partial charge in [-0.15, -0.1) is 11.6 Å². The average Bonchev–Trinajstić information content (AvgIpc) is 2.48. The third-order valence-electron chi connectivity index (χ3n) is 3.82. The first-order chi connectivity index (χ1) is 9.17. The molecule has 1 unspecified atom stereocenters. The van der Waals surface area contributed by atoms with Crippen LogP contribution in [0, 0.1) is 0 Å². The van der Waals surface area contributed by atoms with Crippen LogP contribution in [0.1, 0.15) is 43.0 Å². The summed E-state index contributed by atoms with van der Waals surface area (Å²) >= 11 is 6.20. The molecule has 1 atom stereocenters. The second-order valence-corrected chi connectivity index (χ2v) is 5.70. The summed E-state index contributed by atoms with van der Waals surface area (Å²) in [4.78, 5) is 12.2. The summed E-state index contributed by atoms with van der Waals surface area (Å²) in [6.07, 6.45) is 4.90. The standard InChI is InChI=1S/C15H20ClNO2/c16-13(12-7-3-1-4-8-12)14(19)17-15(11-18)9-5-2-6-10-15/h1,3-4,7-8,13,18H,2,5-6,9-11H2,(H,17,19). The summed E-state index contributed by atoms with van der Waals surface area (Å²) < 4.78 is 0. The van der Waals surface area contributed by atoms with Crippen LogP contribution in [0.3, 0.4) is 0 Å². The second-order valence-electron chi connectivity index (χ2n) is 5.26. The largest absolute Gasteiger partial charge is 0.394 e. The van der Waals surface area contributed by atoms with Crippen molar-refractivity contribution in [1.82, 2.24) is 5.32 Å². The molecule has 1 amide bonds. The molecule has 1 aliphatic carbocycles. The van der Waals surface area contributed by atoms with Gasteiger partial charge in [0, 0.05) is 0 Å². The highest BCUT2D eigenvalue weighted by Crippen LogP contribution is 2.29. The van der Waals surface area contributed by atoms with Crippen molar-refractivity contribution in [1.29, 1.82) is 0 Å². The van der Waals surface area contributed by atoms with Gasteiger partial charge >= 0.3 is 0 Å². The fourth-order valence-electron chi connectivity index (χ4n) is 2.65. The Morgan fingerprint density at radius 3 is 2.47 bits per heavy atom. The van der Waals surface area contributed by atoms with Gasteiger partial charge < -0.3 is 10.4 Å². The predicted octanol–water partition coefficient (Wildman–Crippen LogP) is 2.78. The molecule has 19 heavy (non-hydrogen) atoms. The lowest BCUT2D eigenvalue weighted by atomic mass is 9.82. The Morgan fingerprint density at radius 2 is 1.89 bits per heavy atom. The highest BCUT2D eigenvalue weighted by Gasteiger charge is 2.34. The molecule has 2 N–H and O–H groups in total. The van der Waals surface area contributed by atoms with Crippen LogP contribution < -0.4 is 5.32 Å². The van der Waals surface area contributed by atoms with E-state index >= 15 is 0 Å². The zero-order chi connectivity index (χ0) is 13.7. The SMILES string of the molecule is O=C(NC1(CO)CCCCC1)C(Cl)c1ccccc1. The van der Waals surface area contributed by atoms with Crippen molar-refractivity contribution < 1.29 is 9.90 Å². The summed E-state index contributed by atoms with van der Waals surface area (Å²) in [6.45, 7) is -0.0167. The molecule has 1 fully saturated rings. The molecule has 1 aliphatic rings. The topological polar surface area (TPSA) is 49.3 Å². The van der Waals surface area contributed by atoms with Gasteiger partial charge in [-0.05, 0) is 18.4 Å². The maximum atomic E-state index is 12.2. The molecule has 0 spiro atoms. The van der Waals surface area contributed by atoms with Gasteiger partial charge in [-0.3, -0.25) is 4.79 Å². The number of aliphatic hydroxyl groups is 1. The number of nitrogens with one attached hydrogen (secondary N) is 1. The van der Waals surface area contributed by atoms with Crippen LogP contribution in [-0.2, 0) is 4.79 Å². The van der Waals surface area contributed by atoms with Gasteiger partial charge in [0.1, 0.15) is 5.38 Å². The third kappa shape index (κ3) is 3.48. The van der Waals surface area contributed by atoms with E-state index in [2.05, 4.69) is 5.32 Å². The summed E-state index contributed by atoms with van der Waals surface area (Å²) in [6, 6.07) is 9.29. The van der Waals surface area contributed by atoms with E-state index in [1.165, 1.54) is 6.42 Å². The first-order valence-corrected chi connectivity index (χ1v) is 7.22. The maximum absolute atomic E-state index is 12.2. The Balaban J connectivity index is 2.03. The van der Waals surface area contributed by atoms with Crippen molar-refractivity contribution in [3.8, 4) is 0 Å². The van der Waals surface area contributed by atoms with Gasteiger partial charge in [-0.1, -0.05) is 49.6 Å². The Hall–Kier alpha value is -1.06. The number of carbonyl (C=O) groups excluding carboxylic acids is 1. The number of benzene rings is 1. The number of hydrogen-bond donors (Lipinski definition) is 2. The molecular weight excluding hydrogens is 262 g/mol. The molecule has 0 aliphatic heterocycles. The maximum Gasteiger partial charge on any atom is 0.243 e. The third-order valence-corrected chi connectivity index (χ3v) is 4.27. The van der Waals surface area contributed by atoms with E-state index < -0.39 is 10.9 Å². The van der Waals surface area contributed by atoms with Gasteiger partial charge in [0.15, 0.2) is 0 Å². The van der Waals surface area contributed by atoms with Gasteiger partial charge in [-0.25, -0.2) is 0 Å². The lowest BCUT2D eigenvalue weighted by Crippen LogP contribution is -2.53. The first kappa shape index (κ1) is 14.4. The van der Waals surface area contributed by atoms with Crippen molar-refractivity contribution in [3.05, 3.63) is 35.9 Å². The van der Waals surface area contributed by atoms with E-state index in [0.29, 0.717) is 0 Å². The lowest BCUT2D eigenvalue weighted by molar-refractivity contribution is -0.123. The van der Waals surface area contributed by atoms with Crippen molar-refractivity contribution in [2.45, 2.75) is 43.0 Å². The predicted molar refractivity (Wildman–Crippen MR) is 76.1 cm³/mol. The van der Waals surface area contributed by atoms with Crippen LogP contribution in [0.4, 0.5) is 0 Å². The minimum absolute atomic E-state index is 0.0167. The molecule has 104 valence electrons. The summed E-state index contributed by atoms with van der Waals surface area (Å²) in [5.41, 5.74) is 0.308. The zero-order valence-corrected chi connectivity index (χ0v) is 11.7. The molecule has 1 aromatic carbocycles. The molecule has 0 aromatic heterocycles. The van der Waals surface area contributed by atoms with Crippen LogP contribution in [0.5, 0.6) is 0 Å². The van der Waals surface area contributed by atoms with Gasteiger partial charge in [0.05, 0.1) is 12.1 Å². The number of amides is 1. The first-order valence-electron chi connectivity index (χ1n) is 6.79. The molecule has 1 saturated carbocycles. The van der Waals surface area contributed by atoms with E-state index in [1.54, 1.807) is 0 Å². The number of alkyl halides is 1. The monoisotopic (exact) mass is 281 g/mol. The number of halogens is 1. The van der Waals surface area contributed by atoms with Crippen LogP contribution in [0.15, 0.2) is 30.3 Å². The van der Waals surface area contributed by atoms with Crippen molar-refractivity contribution in [2.75, 3.05) is 6.61 Å². The fraction of sp³-hybridized carbons (Fsp3) is 0.533. The zero-order valence-electron chi connectivity index (χ0n) is 10.9. The van der Waals surface area contributed by atoms with Crippen LogP contribution in [0.2, 0.25) is 0 Å². The van der Waals surface area contributed by atoms with Crippen LogP contribution >= 0.6 is 11.6 Å². The lowest BCUT2D eigenvalue weighted by Gasteiger charge is -2.37. The van der Waals surface area contributed by atoms with E-state index in [0.717, 1.165) is 31.2 Å². The van der Waals surface area contributed by atoms with E-state index in [-0.39, 0.29) is 12.5 Å². The van der Waals surface area contributed by atoms with Gasteiger partial charge in [0.25, 0.3) is 0 Å². The minimum Gasteiger partial charge on any atom is -0.394 e. The van der Waals surface area contributed by atoms with Gasteiger partial charge in [0.2, 0.25) is 5.91 Å². The number of hydrogen-bond acceptors (Lipinski definition) is 2. The van der Waals surface area contributed by atoms with Crippen molar-refractivity contribution in [3.63, 3.8) is 0 Å². The molecule has 0 heterocycles. The summed E-state index contributed by atoms with van der Waals surface area (Å²) in [7, 11) is 0. The average molecular weight is 282 g/mol. The Bertz CT molecular complexity index is 415. The van der Waals surface area contributed by atoms with E-state index in [9.17, 15) is 9.90 Å². The molecule has 0 bridgehead atoms. The molecule has 0 radical (unpaired) electrons. The van der Waals surface area contributed by atoms with Crippen molar-refractivity contribution in [2.24, 2.45) is 0 Å². The quantitative estimate of drug-likeness (QED) is 0.834. The molecule has 2 rings (SSSR count). The minimum atomic E-state index is -0.702. The highest BCUT2D eigenvalue weighted by atomic mass is 35.5. The number of aliphatic hydroxyl groups excluding tert-OH is 1. The van der Waals surface area contributed by atoms with Gasteiger partial charge in [-0.2, -0.15) is 0 Å². The normalized spacial score (nSPS) is 19.7. The van der Waals surface area contributed by atoms with Crippen LogP contribution in [-0.4, -0.2) is 23.2 Å². The smallest absolute Gasteiger partial charge is 0.243 e. The van der Waals surface area contributed by atoms with Crippen LogP contribution in [0.25, 0.3) is 0 Å². The Kier molecular flexibility index (Phi) is 4.83. The molecular formula is C15H20ClNO2. The Morgan fingerprint density at radius 1 is 1.26 bits per heavy atom. The Labute approximate surface area is 119 Å². The number of rotatable bonds is 4. The molecule has 0 saturated heterocycles. The van der Waals surface area contributed by atoms with E-state index in [1.807, 2.05) is 30.3 Å². The summed E-state index contributed by atoms with van der Waals surface area (Å²) in [5, 5.41) is 11.8. The highest BCUT2D eigenvalue weighted by molar-refractivity contribution is 6.30. The van der Waals surface area contributed by atoms with E-state index in [4.69, 9.17) is 11.6 Å². The second kappa shape index (κ2) is 6.40. The fourth-order valence-corrected chi connectivity index (χ4v) is 2.85. The molecule has 1 aromatic rings. The summed E-state index contributed by atoms with van der Waals surface area (Å²) in [5.74, 6) is -0.219. The molecule has 4 heteroatoms. The van der Waals surface area contributed by atoms with Crippen molar-refractivity contribution >= 4 is 17.5 Å². The molecule has 3 nitrogen and oxygen atoms in total. The number of carbonyl (C=O) groups is 1.